The van der Waals surface area contributed by atoms with E-state index in [0.29, 0.717) is 36.5 Å². The van der Waals surface area contributed by atoms with Gasteiger partial charge in [0.1, 0.15) is 11.6 Å². The summed E-state index contributed by atoms with van der Waals surface area (Å²) in [6.07, 6.45) is 1.46. The zero-order chi connectivity index (χ0) is 19.6. The first-order valence-electron chi connectivity index (χ1n) is 9.39. The third kappa shape index (κ3) is 4.33. The van der Waals surface area contributed by atoms with Gasteiger partial charge in [-0.25, -0.2) is 4.39 Å². The van der Waals surface area contributed by atoms with Gasteiger partial charge in [-0.3, -0.25) is 0 Å². The van der Waals surface area contributed by atoms with Gasteiger partial charge in [0, 0.05) is 31.1 Å². The number of rotatable bonds is 7. The summed E-state index contributed by atoms with van der Waals surface area (Å²) in [5.41, 5.74) is 1.91. The summed E-state index contributed by atoms with van der Waals surface area (Å²) in [6.45, 7) is 4.19. The highest BCUT2D eigenvalue weighted by Gasteiger charge is 2.31. The summed E-state index contributed by atoms with van der Waals surface area (Å²) >= 11 is 0. The largest absolute Gasteiger partial charge is 0.496 e. The zero-order valence-corrected chi connectivity index (χ0v) is 16.5. The Morgan fingerprint density at radius 2 is 1.85 bits per heavy atom. The second-order valence-electron chi connectivity index (χ2n) is 7.89. The lowest BCUT2D eigenvalue weighted by atomic mass is 9.82. The van der Waals surface area contributed by atoms with E-state index in [-0.39, 0.29) is 5.82 Å². The molecule has 1 unspecified atom stereocenters. The monoisotopic (exact) mass is 369 g/mol. The number of aryl methyl sites for hydroxylation is 1. The Labute approximate surface area is 160 Å². The first kappa shape index (κ1) is 19.4. The molecule has 2 aromatic carbocycles. The normalized spacial score (nSPS) is 13.9. The van der Waals surface area contributed by atoms with Crippen molar-refractivity contribution in [3.05, 3.63) is 65.6 Å². The molecule has 0 saturated heterocycles. The molecule has 3 aromatic rings. The molecule has 0 aliphatic rings. The van der Waals surface area contributed by atoms with Crippen molar-refractivity contribution in [1.82, 2.24) is 4.57 Å². The Morgan fingerprint density at radius 3 is 2.52 bits per heavy atom. The molecule has 1 heterocycles. The summed E-state index contributed by atoms with van der Waals surface area (Å²) in [6, 6.07) is 14.8. The Bertz CT molecular complexity index is 931. The van der Waals surface area contributed by atoms with Crippen LogP contribution >= 0.6 is 0 Å². The lowest BCUT2D eigenvalue weighted by Gasteiger charge is -2.31. The molecule has 144 valence electrons. The number of halogens is 1. The lowest BCUT2D eigenvalue weighted by Crippen LogP contribution is -2.36. The molecule has 0 amide bonds. The lowest BCUT2D eigenvalue weighted by molar-refractivity contribution is 0.0182. The topological polar surface area (TPSA) is 34.4 Å². The second-order valence-corrected chi connectivity index (χ2v) is 7.89. The molecule has 0 aliphatic carbocycles. The number of benzene rings is 2. The van der Waals surface area contributed by atoms with Gasteiger partial charge < -0.3 is 14.4 Å². The van der Waals surface area contributed by atoms with Gasteiger partial charge in [0.2, 0.25) is 0 Å². The van der Waals surface area contributed by atoms with Crippen molar-refractivity contribution in [2.75, 3.05) is 7.11 Å². The minimum Gasteiger partial charge on any atom is -0.496 e. The molecule has 0 bridgehead atoms. The molecule has 1 N–H and O–H groups in total. The van der Waals surface area contributed by atoms with Gasteiger partial charge >= 0.3 is 0 Å². The predicted molar refractivity (Wildman–Crippen MR) is 108 cm³/mol. The van der Waals surface area contributed by atoms with E-state index in [9.17, 15) is 9.50 Å². The van der Waals surface area contributed by atoms with Gasteiger partial charge in [-0.05, 0) is 53.6 Å². The Morgan fingerprint density at radius 1 is 1.11 bits per heavy atom. The third-order valence-corrected chi connectivity index (χ3v) is 5.11. The second kappa shape index (κ2) is 7.73. The number of nitrogens with zero attached hydrogens (tertiary/aromatic N) is 1. The SMILES string of the molecule is COc1ccc(F)cc1CC(O)(Cc1cc2ccccc2n1C)CC(C)C. The smallest absolute Gasteiger partial charge is 0.123 e. The Kier molecular flexibility index (Phi) is 5.56. The maximum atomic E-state index is 13.8. The number of aromatic nitrogens is 1. The average molecular weight is 369 g/mol. The highest BCUT2D eigenvalue weighted by molar-refractivity contribution is 5.81. The number of ether oxygens (including phenoxy) is 1. The molecule has 0 aliphatic heterocycles. The number of para-hydroxylation sites is 1. The maximum absolute atomic E-state index is 13.8. The fourth-order valence-electron chi connectivity index (χ4n) is 4.06. The van der Waals surface area contributed by atoms with Crippen molar-refractivity contribution in [1.29, 1.82) is 0 Å². The van der Waals surface area contributed by atoms with Crippen LogP contribution in [-0.2, 0) is 19.9 Å². The molecule has 0 fully saturated rings. The van der Waals surface area contributed by atoms with E-state index in [0.717, 1.165) is 16.6 Å². The highest BCUT2D eigenvalue weighted by Crippen LogP contribution is 2.32. The number of aliphatic hydroxyl groups is 1. The molecule has 3 nitrogen and oxygen atoms in total. The third-order valence-electron chi connectivity index (χ3n) is 5.11. The fraction of sp³-hybridized carbons (Fsp3) is 0.391. The van der Waals surface area contributed by atoms with Gasteiger partial charge in [-0.1, -0.05) is 32.0 Å². The molecule has 27 heavy (non-hydrogen) atoms. The standard InChI is InChI=1S/C23H28FNO2/c1-16(2)13-23(26,14-18-11-19(24)9-10-22(18)27-4)15-20-12-17-7-5-6-8-21(17)25(20)3/h5-12,16,26H,13-15H2,1-4H3. The van der Waals surface area contributed by atoms with Crippen molar-refractivity contribution in [3.63, 3.8) is 0 Å². The van der Waals surface area contributed by atoms with Crippen LogP contribution in [0.5, 0.6) is 5.75 Å². The van der Waals surface area contributed by atoms with Crippen LogP contribution in [0.3, 0.4) is 0 Å². The van der Waals surface area contributed by atoms with Crippen molar-refractivity contribution >= 4 is 10.9 Å². The number of hydrogen-bond acceptors (Lipinski definition) is 2. The van der Waals surface area contributed by atoms with Crippen LogP contribution < -0.4 is 4.74 Å². The van der Waals surface area contributed by atoms with E-state index in [1.54, 1.807) is 13.2 Å². The van der Waals surface area contributed by atoms with E-state index in [1.807, 2.05) is 19.2 Å². The fourth-order valence-corrected chi connectivity index (χ4v) is 4.06. The minimum absolute atomic E-state index is 0.309. The van der Waals surface area contributed by atoms with E-state index < -0.39 is 5.60 Å². The number of fused-ring (bicyclic) bond motifs is 1. The number of methoxy groups -OCH3 is 1. The molecular formula is C23H28FNO2. The molecule has 0 spiro atoms. The van der Waals surface area contributed by atoms with Crippen LogP contribution in [0.4, 0.5) is 4.39 Å². The van der Waals surface area contributed by atoms with Gasteiger partial charge in [-0.15, -0.1) is 0 Å². The Hall–Kier alpha value is -2.33. The highest BCUT2D eigenvalue weighted by atomic mass is 19.1. The first-order valence-corrected chi connectivity index (χ1v) is 9.39. The van der Waals surface area contributed by atoms with E-state index in [1.165, 1.54) is 12.1 Å². The summed E-state index contributed by atoms with van der Waals surface area (Å²) in [7, 11) is 3.60. The molecular weight excluding hydrogens is 341 g/mol. The van der Waals surface area contributed by atoms with Crippen molar-refractivity contribution in [2.45, 2.75) is 38.7 Å². The Balaban J connectivity index is 1.97. The van der Waals surface area contributed by atoms with Gasteiger partial charge in [0.05, 0.1) is 12.7 Å². The van der Waals surface area contributed by atoms with Crippen LogP contribution in [0.1, 0.15) is 31.5 Å². The van der Waals surface area contributed by atoms with Crippen LogP contribution in [0.15, 0.2) is 48.5 Å². The van der Waals surface area contributed by atoms with Crippen molar-refractivity contribution in [3.8, 4) is 5.75 Å². The van der Waals surface area contributed by atoms with Crippen LogP contribution in [0.2, 0.25) is 0 Å². The summed E-state index contributed by atoms with van der Waals surface area (Å²) in [4.78, 5) is 0. The van der Waals surface area contributed by atoms with Crippen LogP contribution in [-0.4, -0.2) is 22.4 Å². The minimum atomic E-state index is -0.989. The summed E-state index contributed by atoms with van der Waals surface area (Å²) in [5.74, 6) is 0.599. The van der Waals surface area contributed by atoms with Gasteiger partial charge in [0.25, 0.3) is 0 Å². The zero-order valence-electron chi connectivity index (χ0n) is 16.5. The van der Waals surface area contributed by atoms with Crippen molar-refractivity contribution in [2.24, 2.45) is 13.0 Å². The van der Waals surface area contributed by atoms with E-state index in [4.69, 9.17) is 4.74 Å². The molecule has 0 saturated carbocycles. The molecule has 1 atom stereocenters. The predicted octanol–water partition coefficient (Wildman–Crippen LogP) is 4.89. The molecule has 4 heteroatoms. The summed E-state index contributed by atoms with van der Waals surface area (Å²) in [5, 5.41) is 12.7. The first-order chi connectivity index (χ1) is 12.8. The van der Waals surface area contributed by atoms with Gasteiger partial charge in [-0.2, -0.15) is 0 Å². The van der Waals surface area contributed by atoms with Crippen molar-refractivity contribution < 1.29 is 14.2 Å². The van der Waals surface area contributed by atoms with Crippen LogP contribution in [0, 0.1) is 11.7 Å². The average Bonchev–Trinajstić information content (AvgIpc) is 2.90. The van der Waals surface area contributed by atoms with E-state index in [2.05, 4.69) is 36.6 Å². The molecule has 0 radical (unpaired) electrons. The van der Waals surface area contributed by atoms with Crippen LogP contribution in [0.25, 0.3) is 10.9 Å². The molecule has 1 aromatic heterocycles. The number of hydrogen-bond donors (Lipinski definition) is 1. The summed E-state index contributed by atoms with van der Waals surface area (Å²) < 4.78 is 21.3. The quantitative estimate of drug-likeness (QED) is 0.643. The maximum Gasteiger partial charge on any atom is 0.123 e. The van der Waals surface area contributed by atoms with Gasteiger partial charge in [0.15, 0.2) is 0 Å². The molecule has 3 rings (SSSR count). The van der Waals surface area contributed by atoms with E-state index >= 15 is 0 Å².